The van der Waals surface area contributed by atoms with Crippen molar-refractivity contribution in [2.45, 2.75) is 25.7 Å². The first kappa shape index (κ1) is 17.4. The summed E-state index contributed by atoms with van der Waals surface area (Å²) in [4.78, 5) is 9.12. The highest BCUT2D eigenvalue weighted by molar-refractivity contribution is 9.10. The van der Waals surface area contributed by atoms with E-state index in [1.54, 1.807) is 11.3 Å². The summed E-state index contributed by atoms with van der Waals surface area (Å²) in [5.74, 6) is 1.04. The summed E-state index contributed by atoms with van der Waals surface area (Å²) < 4.78 is 1.08. The van der Waals surface area contributed by atoms with Gasteiger partial charge in [-0.3, -0.25) is 15.8 Å². The van der Waals surface area contributed by atoms with Gasteiger partial charge in [-0.2, -0.15) is 0 Å². The summed E-state index contributed by atoms with van der Waals surface area (Å²) in [6, 6.07) is 8.18. The maximum absolute atomic E-state index is 4.59. The second kappa shape index (κ2) is 8.64. The Morgan fingerprint density at radius 1 is 1.05 bits per heavy atom. The molecule has 1 aliphatic rings. The number of halogens is 2. The highest BCUT2D eigenvalue weighted by atomic mass is 79.9. The molecule has 118 valence electrons. The topological polar surface area (TPSA) is 49.3 Å². The van der Waals surface area contributed by atoms with Crippen LogP contribution >= 0.6 is 44.2 Å². The Balaban J connectivity index is 0.00000176. The second-order valence-electron chi connectivity index (χ2n) is 4.93. The van der Waals surface area contributed by atoms with E-state index >= 15 is 0 Å². The van der Waals surface area contributed by atoms with Crippen LogP contribution in [0.2, 0.25) is 0 Å². The molecule has 3 rings (SSSR count). The Kier molecular flexibility index (Phi) is 6.85. The van der Waals surface area contributed by atoms with E-state index in [2.05, 4.69) is 54.3 Å². The SMILES string of the molecule is Br.Brc1ccc(-c2csc(NNC3=NCCCCC3)n2)cc1. The summed E-state index contributed by atoms with van der Waals surface area (Å²) in [6.45, 7) is 0.923. The van der Waals surface area contributed by atoms with Gasteiger partial charge in [0.05, 0.1) is 5.69 Å². The Morgan fingerprint density at radius 2 is 1.86 bits per heavy atom. The number of nitrogens with one attached hydrogen (secondary N) is 2. The van der Waals surface area contributed by atoms with Gasteiger partial charge in [0.1, 0.15) is 5.84 Å². The lowest BCUT2D eigenvalue weighted by Gasteiger charge is -2.08. The predicted molar refractivity (Wildman–Crippen MR) is 103 cm³/mol. The number of thiazole rings is 1. The number of hydrazine groups is 1. The third kappa shape index (κ3) is 4.79. The van der Waals surface area contributed by atoms with E-state index in [-0.39, 0.29) is 17.0 Å². The van der Waals surface area contributed by atoms with Crippen LogP contribution in [-0.2, 0) is 0 Å². The second-order valence-corrected chi connectivity index (χ2v) is 6.71. The fraction of sp³-hybridized carbons (Fsp3) is 0.333. The Hall–Kier alpha value is -0.920. The van der Waals surface area contributed by atoms with Crippen molar-refractivity contribution in [2.75, 3.05) is 12.0 Å². The van der Waals surface area contributed by atoms with Crippen LogP contribution in [0.3, 0.4) is 0 Å². The Bertz CT molecular complexity index is 625. The molecule has 1 aromatic carbocycles. The van der Waals surface area contributed by atoms with Gasteiger partial charge in [0, 0.05) is 28.4 Å². The van der Waals surface area contributed by atoms with Gasteiger partial charge in [-0.1, -0.05) is 34.5 Å². The summed E-state index contributed by atoms with van der Waals surface area (Å²) in [5.41, 5.74) is 8.46. The molecule has 2 heterocycles. The molecule has 0 atom stereocenters. The van der Waals surface area contributed by atoms with Crippen molar-refractivity contribution in [3.8, 4) is 11.3 Å². The molecule has 0 radical (unpaired) electrons. The minimum atomic E-state index is 0. The van der Waals surface area contributed by atoms with Crippen LogP contribution in [0.25, 0.3) is 11.3 Å². The number of hydrogen-bond acceptors (Lipinski definition) is 5. The number of benzene rings is 1. The molecule has 0 bridgehead atoms. The third-order valence-corrected chi connectivity index (χ3v) is 4.62. The lowest BCUT2D eigenvalue weighted by molar-refractivity contribution is 0.729. The molecule has 1 aliphatic heterocycles. The molecular formula is C15H18Br2N4S. The number of aromatic nitrogens is 1. The Labute approximate surface area is 153 Å². The van der Waals surface area contributed by atoms with E-state index in [9.17, 15) is 0 Å². The quantitative estimate of drug-likeness (QED) is 0.650. The van der Waals surface area contributed by atoms with Gasteiger partial charge in [-0.15, -0.1) is 28.3 Å². The van der Waals surface area contributed by atoms with Crippen molar-refractivity contribution >= 4 is 55.2 Å². The molecule has 0 saturated carbocycles. The molecule has 0 fully saturated rings. The molecule has 1 aromatic heterocycles. The molecule has 7 heteroatoms. The first-order chi connectivity index (χ1) is 10.3. The summed E-state index contributed by atoms with van der Waals surface area (Å²) in [5, 5.41) is 2.92. The van der Waals surface area contributed by atoms with Crippen LogP contribution in [0.1, 0.15) is 25.7 Å². The van der Waals surface area contributed by atoms with Gasteiger partial charge in [-0.05, 0) is 25.0 Å². The average molecular weight is 446 g/mol. The molecule has 0 unspecified atom stereocenters. The molecule has 4 nitrogen and oxygen atoms in total. The number of aliphatic imine (C=N–C) groups is 1. The van der Waals surface area contributed by atoms with Gasteiger partial charge in [-0.25, -0.2) is 4.98 Å². The zero-order valence-electron chi connectivity index (χ0n) is 12.0. The van der Waals surface area contributed by atoms with Crippen molar-refractivity contribution in [3.05, 3.63) is 34.1 Å². The number of hydrogen-bond donors (Lipinski definition) is 2. The molecule has 0 saturated heterocycles. The molecular weight excluding hydrogens is 428 g/mol. The average Bonchev–Trinajstić information content (AvgIpc) is 2.81. The minimum Gasteiger partial charge on any atom is -0.286 e. The van der Waals surface area contributed by atoms with Crippen LogP contribution in [0.4, 0.5) is 5.13 Å². The van der Waals surface area contributed by atoms with E-state index in [4.69, 9.17) is 0 Å². The van der Waals surface area contributed by atoms with Gasteiger partial charge < -0.3 is 0 Å². The van der Waals surface area contributed by atoms with E-state index in [1.165, 1.54) is 19.3 Å². The summed E-state index contributed by atoms with van der Waals surface area (Å²) in [7, 11) is 0. The van der Waals surface area contributed by atoms with Crippen LogP contribution in [0, 0.1) is 0 Å². The first-order valence-corrected chi connectivity index (χ1v) is 8.75. The zero-order valence-corrected chi connectivity index (χ0v) is 16.1. The number of anilines is 1. The normalized spacial score (nSPS) is 14.5. The maximum atomic E-state index is 4.59. The highest BCUT2D eigenvalue weighted by Crippen LogP contribution is 2.25. The van der Waals surface area contributed by atoms with Gasteiger partial charge >= 0.3 is 0 Å². The number of rotatable bonds is 3. The van der Waals surface area contributed by atoms with Crippen molar-refractivity contribution in [1.82, 2.24) is 10.4 Å². The molecule has 2 N–H and O–H groups in total. The molecule has 0 aliphatic carbocycles. The van der Waals surface area contributed by atoms with Crippen LogP contribution in [-0.4, -0.2) is 17.4 Å². The van der Waals surface area contributed by atoms with Gasteiger partial charge in [0.15, 0.2) is 0 Å². The number of amidine groups is 1. The van der Waals surface area contributed by atoms with Gasteiger partial charge in [0.2, 0.25) is 5.13 Å². The molecule has 2 aromatic rings. The van der Waals surface area contributed by atoms with Crippen LogP contribution in [0.15, 0.2) is 39.1 Å². The predicted octanol–water partition coefficient (Wildman–Crippen LogP) is 5.04. The highest BCUT2D eigenvalue weighted by Gasteiger charge is 2.06. The summed E-state index contributed by atoms with van der Waals surface area (Å²) >= 11 is 5.04. The largest absolute Gasteiger partial charge is 0.286 e. The number of nitrogens with zero attached hydrogens (tertiary/aromatic N) is 2. The standard InChI is InChI=1S/C15H17BrN4S.BrH/c16-12-7-5-11(6-8-12)13-10-21-15(18-13)20-19-14-4-2-1-3-9-17-14;/h5-8,10H,1-4,9H2,(H,17,19)(H,18,20);1H. The lowest BCUT2D eigenvalue weighted by Crippen LogP contribution is -2.29. The van der Waals surface area contributed by atoms with E-state index < -0.39 is 0 Å². The Morgan fingerprint density at radius 3 is 2.68 bits per heavy atom. The molecule has 0 amide bonds. The van der Waals surface area contributed by atoms with E-state index in [1.807, 2.05) is 12.1 Å². The lowest BCUT2D eigenvalue weighted by atomic mass is 10.2. The van der Waals surface area contributed by atoms with Crippen molar-refractivity contribution < 1.29 is 0 Å². The zero-order chi connectivity index (χ0) is 14.5. The first-order valence-electron chi connectivity index (χ1n) is 7.08. The van der Waals surface area contributed by atoms with Crippen LogP contribution in [0.5, 0.6) is 0 Å². The van der Waals surface area contributed by atoms with E-state index in [0.717, 1.165) is 39.7 Å². The van der Waals surface area contributed by atoms with Gasteiger partial charge in [0.25, 0.3) is 0 Å². The van der Waals surface area contributed by atoms with Crippen molar-refractivity contribution in [2.24, 2.45) is 4.99 Å². The van der Waals surface area contributed by atoms with Crippen LogP contribution < -0.4 is 10.9 Å². The monoisotopic (exact) mass is 444 g/mol. The maximum Gasteiger partial charge on any atom is 0.202 e. The fourth-order valence-electron chi connectivity index (χ4n) is 2.19. The third-order valence-electron chi connectivity index (χ3n) is 3.33. The van der Waals surface area contributed by atoms with Crippen molar-refractivity contribution in [1.29, 1.82) is 0 Å². The molecule has 22 heavy (non-hydrogen) atoms. The van der Waals surface area contributed by atoms with Crippen molar-refractivity contribution in [3.63, 3.8) is 0 Å². The summed E-state index contributed by atoms with van der Waals surface area (Å²) in [6.07, 6.45) is 4.67. The molecule has 0 spiro atoms. The fourth-order valence-corrected chi connectivity index (χ4v) is 3.12. The van der Waals surface area contributed by atoms with E-state index in [0.29, 0.717) is 0 Å². The smallest absolute Gasteiger partial charge is 0.202 e. The minimum absolute atomic E-state index is 0.